The van der Waals surface area contributed by atoms with Crippen molar-refractivity contribution in [3.8, 4) is 0 Å². The van der Waals surface area contributed by atoms with Gasteiger partial charge < -0.3 is 5.11 Å². The molecular weight excluding hydrogens is 179 g/mol. The van der Waals surface area contributed by atoms with E-state index in [1.165, 1.54) is 12.1 Å². The minimum Gasteiger partial charge on any atom is -0.390 e. The second kappa shape index (κ2) is 4.09. The van der Waals surface area contributed by atoms with Crippen LogP contribution in [0.3, 0.4) is 0 Å². The van der Waals surface area contributed by atoms with Gasteiger partial charge in [-0.2, -0.15) is 0 Å². The van der Waals surface area contributed by atoms with Crippen molar-refractivity contribution in [3.05, 3.63) is 35.1 Å². The van der Waals surface area contributed by atoms with Crippen LogP contribution in [0, 0.1) is 12.7 Å². The van der Waals surface area contributed by atoms with Crippen LogP contribution in [0.25, 0.3) is 0 Å². The maximum atomic E-state index is 12.9. The molecule has 78 valence electrons. The van der Waals surface area contributed by atoms with Gasteiger partial charge in [0.25, 0.3) is 0 Å². The average Bonchev–Trinajstić information content (AvgIpc) is 2.11. The Morgan fingerprint density at radius 3 is 2.64 bits per heavy atom. The molecule has 1 nitrogen and oxygen atoms in total. The van der Waals surface area contributed by atoms with Gasteiger partial charge in [-0.25, -0.2) is 4.39 Å². The van der Waals surface area contributed by atoms with Gasteiger partial charge in [-0.05, 0) is 43.5 Å². The highest BCUT2D eigenvalue weighted by Gasteiger charge is 2.19. The smallest absolute Gasteiger partial charge is 0.123 e. The summed E-state index contributed by atoms with van der Waals surface area (Å²) in [4.78, 5) is 0. The number of rotatable bonds is 3. The molecule has 0 heterocycles. The normalized spacial score (nSPS) is 15.2. The molecule has 0 saturated carbocycles. The van der Waals surface area contributed by atoms with Crippen molar-refractivity contribution in [2.75, 3.05) is 0 Å². The Morgan fingerprint density at radius 2 is 2.07 bits per heavy atom. The lowest BCUT2D eigenvalue weighted by atomic mass is 9.92. The van der Waals surface area contributed by atoms with Crippen LogP contribution >= 0.6 is 0 Å². The summed E-state index contributed by atoms with van der Waals surface area (Å²) in [5.41, 5.74) is 1.18. The molecular formula is C12H17FO. The van der Waals surface area contributed by atoms with Crippen LogP contribution < -0.4 is 0 Å². The van der Waals surface area contributed by atoms with Crippen LogP contribution in [0.2, 0.25) is 0 Å². The van der Waals surface area contributed by atoms with Crippen LogP contribution in [0.1, 0.15) is 31.4 Å². The third-order valence-electron chi connectivity index (χ3n) is 2.64. The van der Waals surface area contributed by atoms with Gasteiger partial charge in [0.1, 0.15) is 5.82 Å². The molecule has 1 atom stereocenters. The second-order valence-electron chi connectivity index (χ2n) is 4.10. The summed E-state index contributed by atoms with van der Waals surface area (Å²) in [6.07, 6.45) is 1.18. The summed E-state index contributed by atoms with van der Waals surface area (Å²) in [5, 5.41) is 9.87. The van der Waals surface area contributed by atoms with Crippen molar-refractivity contribution in [2.45, 2.75) is 39.2 Å². The molecule has 0 radical (unpaired) electrons. The lowest BCUT2D eigenvalue weighted by Gasteiger charge is -2.22. The van der Waals surface area contributed by atoms with Gasteiger partial charge in [0.15, 0.2) is 0 Å². The summed E-state index contributed by atoms with van der Waals surface area (Å²) >= 11 is 0. The first kappa shape index (κ1) is 11.2. The Kier molecular flexibility index (Phi) is 3.27. The molecule has 1 N–H and O–H groups in total. The zero-order valence-corrected chi connectivity index (χ0v) is 8.97. The fraction of sp³-hybridized carbons (Fsp3) is 0.500. The Labute approximate surface area is 84.6 Å². The highest BCUT2D eigenvalue weighted by Crippen LogP contribution is 2.19. The molecule has 1 rings (SSSR count). The highest BCUT2D eigenvalue weighted by molar-refractivity contribution is 5.27. The predicted octanol–water partition coefficient (Wildman–Crippen LogP) is 2.84. The number of aliphatic hydroxyl groups is 1. The van der Waals surface area contributed by atoms with Crippen molar-refractivity contribution in [1.29, 1.82) is 0 Å². The van der Waals surface area contributed by atoms with Crippen LogP contribution in [-0.2, 0) is 6.42 Å². The van der Waals surface area contributed by atoms with E-state index in [-0.39, 0.29) is 5.82 Å². The monoisotopic (exact) mass is 196 g/mol. The summed E-state index contributed by atoms with van der Waals surface area (Å²) in [7, 11) is 0. The van der Waals surface area contributed by atoms with Crippen molar-refractivity contribution in [3.63, 3.8) is 0 Å². The number of hydrogen-bond acceptors (Lipinski definition) is 1. The van der Waals surface area contributed by atoms with E-state index in [0.717, 1.165) is 11.1 Å². The predicted molar refractivity (Wildman–Crippen MR) is 55.8 cm³/mol. The minimum atomic E-state index is -0.738. The largest absolute Gasteiger partial charge is 0.390 e. The van der Waals surface area contributed by atoms with Crippen LogP contribution in [0.15, 0.2) is 18.2 Å². The third-order valence-corrected chi connectivity index (χ3v) is 2.64. The molecule has 0 aliphatic carbocycles. The quantitative estimate of drug-likeness (QED) is 0.788. The first-order valence-electron chi connectivity index (χ1n) is 4.92. The second-order valence-corrected chi connectivity index (χ2v) is 4.10. The van der Waals surface area contributed by atoms with Crippen LogP contribution in [0.4, 0.5) is 4.39 Å². The van der Waals surface area contributed by atoms with Gasteiger partial charge in [-0.15, -0.1) is 0 Å². The van der Waals surface area contributed by atoms with E-state index in [1.807, 2.05) is 13.8 Å². The number of halogens is 1. The van der Waals surface area contributed by atoms with E-state index in [1.54, 1.807) is 13.0 Å². The Bertz CT molecular complexity index is 318. The Balaban J connectivity index is 2.91. The zero-order valence-electron chi connectivity index (χ0n) is 8.97. The Morgan fingerprint density at radius 1 is 1.43 bits per heavy atom. The molecule has 0 bridgehead atoms. The zero-order chi connectivity index (χ0) is 10.8. The minimum absolute atomic E-state index is 0.238. The number of aryl methyl sites for hydroxylation is 1. The SMILES string of the molecule is CCC(C)(O)Cc1cc(F)ccc1C. The maximum Gasteiger partial charge on any atom is 0.123 e. The lowest BCUT2D eigenvalue weighted by Crippen LogP contribution is -2.26. The van der Waals surface area contributed by atoms with Gasteiger partial charge in [-0.3, -0.25) is 0 Å². The van der Waals surface area contributed by atoms with Crippen LogP contribution in [-0.4, -0.2) is 10.7 Å². The van der Waals surface area contributed by atoms with Crippen LogP contribution in [0.5, 0.6) is 0 Å². The highest BCUT2D eigenvalue weighted by atomic mass is 19.1. The summed E-state index contributed by atoms with van der Waals surface area (Å²) in [5.74, 6) is -0.238. The van der Waals surface area contributed by atoms with Gasteiger partial charge in [0.2, 0.25) is 0 Å². The van der Waals surface area contributed by atoms with Gasteiger partial charge in [-0.1, -0.05) is 13.0 Å². The molecule has 1 unspecified atom stereocenters. The molecule has 0 aliphatic rings. The van der Waals surface area contributed by atoms with Gasteiger partial charge in [0, 0.05) is 6.42 Å². The molecule has 1 aromatic carbocycles. The van der Waals surface area contributed by atoms with Crippen molar-refractivity contribution >= 4 is 0 Å². The molecule has 0 aliphatic heterocycles. The van der Waals surface area contributed by atoms with Crippen molar-refractivity contribution in [1.82, 2.24) is 0 Å². The molecule has 1 aromatic rings. The molecule has 14 heavy (non-hydrogen) atoms. The molecule has 0 saturated heterocycles. The summed E-state index contributed by atoms with van der Waals surface area (Å²) in [6, 6.07) is 4.69. The lowest BCUT2D eigenvalue weighted by molar-refractivity contribution is 0.0562. The Hall–Kier alpha value is -0.890. The molecule has 2 heteroatoms. The molecule has 0 amide bonds. The van der Waals surface area contributed by atoms with E-state index in [2.05, 4.69) is 0 Å². The summed E-state index contributed by atoms with van der Waals surface area (Å²) in [6.45, 7) is 5.63. The van der Waals surface area contributed by atoms with E-state index >= 15 is 0 Å². The molecule has 0 fully saturated rings. The summed E-state index contributed by atoms with van der Waals surface area (Å²) < 4.78 is 12.9. The van der Waals surface area contributed by atoms with E-state index in [4.69, 9.17) is 0 Å². The standard InChI is InChI=1S/C12H17FO/c1-4-12(3,14)8-10-7-11(13)6-5-9(10)2/h5-7,14H,4,8H2,1-3H3. The molecule has 0 spiro atoms. The average molecular weight is 196 g/mol. The fourth-order valence-electron chi connectivity index (χ4n) is 1.37. The first-order valence-corrected chi connectivity index (χ1v) is 4.92. The van der Waals surface area contributed by atoms with Crippen molar-refractivity contribution in [2.24, 2.45) is 0 Å². The van der Waals surface area contributed by atoms with E-state index < -0.39 is 5.60 Å². The van der Waals surface area contributed by atoms with Gasteiger partial charge in [0.05, 0.1) is 5.60 Å². The topological polar surface area (TPSA) is 20.2 Å². The first-order chi connectivity index (χ1) is 6.44. The number of hydrogen-bond donors (Lipinski definition) is 1. The van der Waals surface area contributed by atoms with Crippen molar-refractivity contribution < 1.29 is 9.50 Å². The fourth-order valence-corrected chi connectivity index (χ4v) is 1.37. The maximum absolute atomic E-state index is 12.9. The number of benzene rings is 1. The van der Waals surface area contributed by atoms with Gasteiger partial charge >= 0.3 is 0 Å². The third kappa shape index (κ3) is 2.81. The molecule has 0 aromatic heterocycles. The van der Waals surface area contributed by atoms with E-state index in [9.17, 15) is 9.50 Å². The van der Waals surface area contributed by atoms with E-state index in [0.29, 0.717) is 12.8 Å².